The highest BCUT2D eigenvalue weighted by molar-refractivity contribution is 9.10. The minimum Gasteiger partial charge on any atom is -0.496 e. The number of rotatable bonds is 6. The molecule has 34 heavy (non-hydrogen) atoms. The first kappa shape index (κ1) is 22.4. The number of nitrogens with zero attached hydrogens (tertiary/aromatic N) is 2. The van der Waals surface area contributed by atoms with Gasteiger partial charge in [-0.3, -0.25) is 14.4 Å². The normalized spacial score (nSPS) is 21.7. The highest BCUT2D eigenvalue weighted by Crippen LogP contribution is 2.48. The lowest BCUT2D eigenvalue weighted by molar-refractivity contribution is -0.126. The van der Waals surface area contributed by atoms with Gasteiger partial charge in [-0.25, -0.2) is 9.96 Å². The van der Waals surface area contributed by atoms with Gasteiger partial charge in [-0.15, -0.1) is 0 Å². The van der Waals surface area contributed by atoms with E-state index in [0.717, 1.165) is 15.7 Å². The lowest BCUT2D eigenvalue weighted by Gasteiger charge is -2.29. The third kappa shape index (κ3) is 3.73. The molecule has 3 aromatic carbocycles. The smallest absolute Gasteiger partial charge is 0.266 e. The first-order chi connectivity index (χ1) is 16.5. The molecule has 3 aromatic rings. The van der Waals surface area contributed by atoms with Crippen molar-refractivity contribution in [1.29, 1.82) is 0 Å². The number of amides is 2. The van der Waals surface area contributed by atoms with E-state index in [0.29, 0.717) is 23.8 Å². The molecule has 2 saturated heterocycles. The van der Waals surface area contributed by atoms with Crippen molar-refractivity contribution in [2.24, 2.45) is 5.92 Å². The largest absolute Gasteiger partial charge is 0.496 e. The van der Waals surface area contributed by atoms with Crippen molar-refractivity contribution in [3.63, 3.8) is 0 Å². The van der Waals surface area contributed by atoms with Crippen molar-refractivity contribution in [1.82, 2.24) is 0 Å². The fraction of sp³-hybridized carbons (Fsp3) is 0.231. The van der Waals surface area contributed by atoms with E-state index < -0.39 is 18.1 Å². The summed E-state index contributed by atoms with van der Waals surface area (Å²) in [5.41, 5.74) is 2.10. The Morgan fingerprint density at radius 2 is 1.68 bits per heavy atom. The van der Waals surface area contributed by atoms with Crippen LogP contribution in [0.1, 0.15) is 18.5 Å². The molecular weight excluding hydrogens is 500 g/mol. The maximum absolute atomic E-state index is 13.7. The molecule has 0 bridgehead atoms. The number of para-hydroxylation sites is 1. The van der Waals surface area contributed by atoms with Gasteiger partial charge in [0, 0.05) is 0 Å². The van der Waals surface area contributed by atoms with Gasteiger partial charge < -0.3 is 9.47 Å². The molecule has 174 valence electrons. The Morgan fingerprint density at radius 3 is 2.32 bits per heavy atom. The van der Waals surface area contributed by atoms with E-state index in [1.54, 1.807) is 36.4 Å². The molecule has 2 aliphatic heterocycles. The zero-order chi connectivity index (χ0) is 23.8. The third-order valence-corrected chi connectivity index (χ3v) is 6.67. The lowest BCUT2D eigenvalue weighted by atomic mass is 9.90. The second-order valence-corrected chi connectivity index (χ2v) is 8.85. The number of benzene rings is 3. The summed E-state index contributed by atoms with van der Waals surface area (Å²) in [6, 6.07) is 21.6. The Bertz CT molecular complexity index is 1220. The molecule has 2 aliphatic rings. The van der Waals surface area contributed by atoms with Gasteiger partial charge in [-0.2, -0.15) is 0 Å². The van der Waals surface area contributed by atoms with Crippen LogP contribution in [-0.4, -0.2) is 31.6 Å². The number of methoxy groups -OCH3 is 1. The lowest BCUT2D eigenvalue weighted by Crippen LogP contribution is -2.37. The molecule has 2 heterocycles. The quantitative estimate of drug-likeness (QED) is 0.428. The molecule has 0 radical (unpaired) electrons. The monoisotopic (exact) mass is 522 g/mol. The van der Waals surface area contributed by atoms with Gasteiger partial charge in [0.15, 0.2) is 6.10 Å². The van der Waals surface area contributed by atoms with Crippen molar-refractivity contribution in [3.8, 4) is 11.5 Å². The van der Waals surface area contributed by atoms with Crippen molar-refractivity contribution in [3.05, 3.63) is 82.8 Å². The Morgan fingerprint density at radius 1 is 0.941 bits per heavy atom. The van der Waals surface area contributed by atoms with Crippen molar-refractivity contribution in [2.45, 2.75) is 19.1 Å². The van der Waals surface area contributed by atoms with E-state index in [4.69, 9.17) is 14.3 Å². The van der Waals surface area contributed by atoms with Crippen LogP contribution >= 0.6 is 15.9 Å². The fourth-order valence-corrected chi connectivity index (χ4v) is 5.09. The van der Waals surface area contributed by atoms with Crippen molar-refractivity contribution < 1.29 is 23.9 Å². The summed E-state index contributed by atoms with van der Waals surface area (Å²) in [6.45, 7) is 2.43. The molecule has 8 heteroatoms. The topological polar surface area (TPSA) is 68.3 Å². The second kappa shape index (κ2) is 9.12. The predicted octanol–water partition coefficient (Wildman–Crippen LogP) is 4.91. The number of halogens is 1. The summed E-state index contributed by atoms with van der Waals surface area (Å²) in [5.74, 6) is -0.0300. The van der Waals surface area contributed by atoms with Crippen LogP contribution in [0.15, 0.2) is 77.3 Å². The van der Waals surface area contributed by atoms with Gasteiger partial charge in [-0.1, -0.05) is 24.3 Å². The molecule has 2 fully saturated rings. The number of hydrogen-bond acceptors (Lipinski definition) is 6. The van der Waals surface area contributed by atoms with Crippen LogP contribution in [0.4, 0.5) is 11.4 Å². The number of carbonyl (C=O) groups excluding carboxylic acids is 2. The summed E-state index contributed by atoms with van der Waals surface area (Å²) in [7, 11) is 1.60. The Kier molecular flexibility index (Phi) is 6.02. The zero-order valence-electron chi connectivity index (χ0n) is 18.7. The Balaban J connectivity index is 1.54. The van der Waals surface area contributed by atoms with Gasteiger partial charge in [0.25, 0.3) is 5.91 Å². The van der Waals surface area contributed by atoms with Crippen LogP contribution in [0.2, 0.25) is 0 Å². The number of anilines is 2. The fourth-order valence-electron chi connectivity index (χ4n) is 4.53. The summed E-state index contributed by atoms with van der Waals surface area (Å²) >= 11 is 3.54. The summed E-state index contributed by atoms with van der Waals surface area (Å²) in [6.07, 6.45) is -0.926. The van der Waals surface area contributed by atoms with Gasteiger partial charge >= 0.3 is 0 Å². The van der Waals surface area contributed by atoms with E-state index >= 15 is 0 Å². The van der Waals surface area contributed by atoms with Crippen LogP contribution in [0.25, 0.3) is 0 Å². The zero-order valence-corrected chi connectivity index (χ0v) is 20.3. The summed E-state index contributed by atoms with van der Waals surface area (Å²) in [5, 5.41) is 1.68. The van der Waals surface area contributed by atoms with E-state index in [1.165, 1.54) is 4.90 Å². The maximum Gasteiger partial charge on any atom is 0.266 e. The Hall–Kier alpha value is -3.36. The van der Waals surface area contributed by atoms with Gasteiger partial charge in [0.1, 0.15) is 17.4 Å². The third-order valence-electron chi connectivity index (χ3n) is 6.05. The number of ether oxygens (including phenoxy) is 2. The number of fused-ring (bicyclic) bond motifs is 1. The summed E-state index contributed by atoms with van der Waals surface area (Å²) in [4.78, 5) is 34.5. The van der Waals surface area contributed by atoms with E-state index in [2.05, 4.69) is 15.9 Å². The first-order valence-corrected chi connectivity index (χ1v) is 11.8. The SMILES string of the molecule is CCOc1ccc(N2C(=O)[C@H]3[C@H](ON(c4ccccc4)[C@H]3c3ccc(OC)c(Br)c3)C2=O)cc1. The molecular formula is C26H23BrN2O5. The Labute approximate surface area is 205 Å². The van der Waals surface area contributed by atoms with Crippen LogP contribution in [0.5, 0.6) is 11.5 Å². The minimum absolute atomic E-state index is 0.297. The van der Waals surface area contributed by atoms with Gasteiger partial charge in [0.05, 0.1) is 35.6 Å². The van der Waals surface area contributed by atoms with Crippen LogP contribution in [0.3, 0.4) is 0 Å². The standard InChI is InChI=1S/C26H23BrN2O5/c1-3-33-19-12-10-17(11-13-19)28-25(30)22-23(16-9-14-21(32-2)20(27)15-16)29(34-24(22)26(28)31)18-7-5-4-6-8-18/h4-15,22-24H,3H2,1-2H3/t22-,23+,24+/m1/s1. The molecule has 0 saturated carbocycles. The van der Waals surface area contributed by atoms with E-state index in [-0.39, 0.29) is 11.8 Å². The van der Waals surface area contributed by atoms with E-state index in [1.807, 2.05) is 55.5 Å². The van der Waals surface area contributed by atoms with Crippen LogP contribution in [-0.2, 0) is 14.4 Å². The number of carbonyl (C=O) groups is 2. The second-order valence-electron chi connectivity index (χ2n) is 7.99. The van der Waals surface area contributed by atoms with Crippen molar-refractivity contribution >= 4 is 39.1 Å². The summed E-state index contributed by atoms with van der Waals surface area (Å²) < 4.78 is 11.6. The minimum atomic E-state index is -0.926. The highest BCUT2D eigenvalue weighted by Gasteiger charge is 2.60. The maximum atomic E-state index is 13.7. The first-order valence-electron chi connectivity index (χ1n) is 11.0. The van der Waals surface area contributed by atoms with Crippen LogP contribution < -0.4 is 19.4 Å². The highest BCUT2D eigenvalue weighted by atomic mass is 79.9. The molecule has 0 aromatic heterocycles. The van der Waals surface area contributed by atoms with Gasteiger partial charge in [-0.05, 0) is 76.9 Å². The van der Waals surface area contributed by atoms with E-state index in [9.17, 15) is 9.59 Å². The average molecular weight is 523 g/mol. The molecule has 5 rings (SSSR count). The molecule has 0 spiro atoms. The van der Waals surface area contributed by atoms with Crippen LogP contribution in [0, 0.1) is 5.92 Å². The molecule has 2 amide bonds. The molecule has 0 aliphatic carbocycles. The van der Waals surface area contributed by atoms with Gasteiger partial charge in [0.2, 0.25) is 5.91 Å². The number of hydrogen-bond donors (Lipinski definition) is 0. The predicted molar refractivity (Wildman–Crippen MR) is 131 cm³/mol. The molecule has 0 unspecified atom stereocenters. The number of hydroxylamine groups is 1. The molecule has 3 atom stereocenters. The number of imide groups is 1. The van der Waals surface area contributed by atoms with Crippen molar-refractivity contribution in [2.75, 3.05) is 23.7 Å². The average Bonchev–Trinajstić information content (AvgIpc) is 3.36. The molecule has 7 nitrogen and oxygen atoms in total. The molecule has 0 N–H and O–H groups in total.